The zero-order valence-electron chi connectivity index (χ0n) is 13.1. The van der Waals surface area contributed by atoms with Crippen LogP contribution in [0.2, 0.25) is 0 Å². The van der Waals surface area contributed by atoms with Gasteiger partial charge < -0.3 is 24.6 Å². The van der Waals surface area contributed by atoms with E-state index in [0.29, 0.717) is 30.3 Å². The monoisotopic (exact) mass is 329 g/mol. The van der Waals surface area contributed by atoms with Crippen molar-refractivity contribution in [2.75, 3.05) is 19.8 Å². The standard InChI is InChI=1S/C18H19NO5/c20-15(14-6-7-16-17(10-14)23-9-8-22-16)11-19-18(21)24-12-13-4-2-1-3-5-13/h1-7,10,15,20H,8-9,11-12H2,(H,19,21). The number of carbonyl (C=O) groups is 1. The minimum Gasteiger partial charge on any atom is -0.486 e. The molecule has 126 valence electrons. The van der Waals surface area contributed by atoms with E-state index in [2.05, 4.69) is 5.32 Å². The lowest BCUT2D eigenvalue weighted by Gasteiger charge is -2.20. The Balaban J connectivity index is 1.48. The van der Waals surface area contributed by atoms with Crippen LogP contribution in [0.5, 0.6) is 11.5 Å². The number of carbonyl (C=O) groups excluding carboxylic acids is 1. The van der Waals surface area contributed by atoms with Crippen LogP contribution in [0.1, 0.15) is 17.2 Å². The molecule has 1 aliphatic rings. The summed E-state index contributed by atoms with van der Waals surface area (Å²) in [6.07, 6.45) is -1.43. The van der Waals surface area contributed by atoms with Crippen LogP contribution < -0.4 is 14.8 Å². The van der Waals surface area contributed by atoms with E-state index in [1.54, 1.807) is 18.2 Å². The van der Waals surface area contributed by atoms with Gasteiger partial charge in [-0.1, -0.05) is 36.4 Å². The van der Waals surface area contributed by atoms with Gasteiger partial charge in [-0.2, -0.15) is 0 Å². The highest BCUT2D eigenvalue weighted by molar-refractivity contribution is 5.67. The van der Waals surface area contributed by atoms with E-state index >= 15 is 0 Å². The van der Waals surface area contributed by atoms with E-state index in [1.807, 2.05) is 30.3 Å². The summed E-state index contributed by atoms with van der Waals surface area (Å²) in [5.41, 5.74) is 1.54. The van der Waals surface area contributed by atoms with Gasteiger partial charge in [0.25, 0.3) is 0 Å². The second-order valence-electron chi connectivity index (χ2n) is 5.36. The van der Waals surface area contributed by atoms with E-state index in [1.165, 1.54) is 0 Å². The number of alkyl carbamates (subject to hydrolysis) is 1. The van der Waals surface area contributed by atoms with Crippen molar-refractivity contribution in [3.05, 3.63) is 59.7 Å². The first kappa shape index (κ1) is 16.1. The highest BCUT2D eigenvalue weighted by Crippen LogP contribution is 2.32. The minimum atomic E-state index is -0.856. The highest BCUT2D eigenvalue weighted by atomic mass is 16.6. The quantitative estimate of drug-likeness (QED) is 0.881. The van der Waals surface area contributed by atoms with Crippen LogP contribution in [0.3, 0.4) is 0 Å². The van der Waals surface area contributed by atoms with E-state index in [9.17, 15) is 9.90 Å². The molecule has 1 amide bonds. The van der Waals surface area contributed by atoms with Crippen LogP contribution in [0.4, 0.5) is 4.79 Å². The summed E-state index contributed by atoms with van der Waals surface area (Å²) in [6.45, 7) is 1.24. The lowest BCUT2D eigenvalue weighted by Crippen LogP contribution is -2.29. The van der Waals surface area contributed by atoms with Crippen molar-refractivity contribution in [1.29, 1.82) is 0 Å². The molecule has 2 N–H and O–H groups in total. The molecule has 1 atom stereocenters. The summed E-state index contributed by atoms with van der Waals surface area (Å²) in [5.74, 6) is 1.26. The van der Waals surface area contributed by atoms with Gasteiger partial charge in [0.15, 0.2) is 11.5 Å². The number of fused-ring (bicyclic) bond motifs is 1. The summed E-state index contributed by atoms with van der Waals surface area (Å²) in [6, 6.07) is 14.6. The van der Waals surface area contributed by atoms with Crippen molar-refractivity contribution < 1.29 is 24.1 Å². The first-order valence-corrected chi connectivity index (χ1v) is 7.74. The van der Waals surface area contributed by atoms with Gasteiger partial charge in [0, 0.05) is 0 Å². The zero-order valence-corrected chi connectivity index (χ0v) is 13.1. The van der Waals surface area contributed by atoms with Crippen molar-refractivity contribution in [3.8, 4) is 11.5 Å². The Morgan fingerprint density at radius 1 is 1.12 bits per heavy atom. The Morgan fingerprint density at radius 3 is 2.67 bits per heavy atom. The SMILES string of the molecule is O=C(NCC(O)c1ccc2c(c1)OCCO2)OCc1ccccc1. The number of hydrogen-bond donors (Lipinski definition) is 2. The van der Waals surface area contributed by atoms with Gasteiger partial charge in [-0.15, -0.1) is 0 Å². The summed E-state index contributed by atoms with van der Waals surface area (Å²) in [7, 11) is 0. The summed E-state index contributed by atoms with van der Waals surface area (Å²) in [4.78, 5) is 11.7. The maximum Gasteiger partial charge on any atom is 0.407 e. The third-order valence-electron chi connectivity index (χ3n) is 3.60. The molecule has 0 saturated carbocycles. The topological polar surface area (TPSA) is 77.0 Å². The molecule has 0 spiro atoms. The molecule has 24 heavy (non-hydrogen) atoms. The second-order valence-corrected chi connectivity index (χ2v) is 5.36. The van der Waals surface area contributed by atoms with E-state index in [4.69, 9.17) is 14.2 Å². The van der Waals surface area contributed by atoms with Gasteiger partial charge in [-0.3, -0.25) is 0 Å². The maximum absolute atomic E-state index is 11.7. The number of nitrogens with one attached hydrogen (secondary N) is 1. The fourth-order valence-electron chi connectivity index (χ4n) is 2.34. The number of amides is 1. The number of rotatable bonds is 5. The first-order valence-electron chi connectivity index (χ1n) is 7.74. The Hall–Kier alpha value is -2.73. The molecular weight excluding hydrogens is 310 g/mol. The van der Waals surface area contributed by atoms with Crippen molar-refractivity contribution in [2.24, 2.45) is 0 Å². The molecule has 0 radical (unpaired) electrons. The van der Waals surface area contributed by atoms with Crippen molar-refractivity contribution in [2.45, 2.75) is 12.7 Å². The van der Waals surface area contributed by atoms with Gasteiger partial charge in [0.2, 0.25) is 0 Å². The Labute approximate surface area is 140 Å². The van der Waals surface area contributed by atoms with E-state index in [0.717, 1.165) is 5.56 Å². The molecule has 3 rings (SSSR count). The number of hydrogen-bond acceptors (Lipinski definition) is 5. The summed E-state index contributed by atoms with van der Waals surface area (Å²) < 4.78 is 16.0. The minimum absolute atomic E-state index is 0.0489. The Morgan fingerprint density at radius 2 is 1.88 bits per heavy atom. The number of ether oxygens (including phenoxy) is 3. The molecule has 0 bridgehead atoms. The average Bonchev–Trinajstić information content (AvgIpc) is 2.65. The van der Waals surface area contributed by atoms with Crippen molar-refractivity contribution in [1.82, 2.24) is 5.32 Å². The number of aliphatic hydroxyl groups excluding tert-OH is 1. The smallest absolute Gasteiger partial charge is 0.407 e. The normalized spacial score (nSPS) is 13.9. The Bertz CT molecular complexity index is 689. The third-order valence-corrected chi connectivity index (χ3v) is 3.60. The predicted molar refractivity (Wildman–Crippen MR) is 87.0 cm³/mol. The van der Waals surface area contributed by atoms with Crippen LogP contribution in [-0.4, -0.2) is 31.0 Å². The fourth-order valence-corrected chi connectivity index (χ4v) is 2.34. The van der Waals surface area contributed by atoms with E-state index in [-0.39, 0.29) is 13.2 Å². The van der Waals surface area contributed by atoms with Crippen molar-refractivity contribution >= 4 is 6.09 Å². The lowest BCUT2D eigenvalue weighted by molar-refractivity contribution is 0.125. The lowest BCUT2D eigenvalue weighted by atomic mass is 10.1. The largest absolute Gasteiger partial charge is 0.486 e. The van der Waals surface area contributed by atoms with Gasteiger partial charge >= 0.3 is 6.09 Å². The molecular formula is C18H19NO5. The molecule has 0 aromatic heterocycles. The highest BCUT2D eigenvalue weighted by Gasteiger charge is 2.16. The van der Waals surface area contributed by atoms with Gasteiger partial charge in [0.1, 0.15) is 19.8 Å². The van der Waals surface area contributed by atoms with Gasteiger partial charge in [-0.25, -0.2) is 4.79 Å². The molecule has 2 aromatic carbocycles. The molecule has 0 saturated heterocycles. The van der Waals surface area contributed by atoms with Crippen molar-refractivity contribution in [3.63, 3.8) is 0 Å². The van der Waals surface area contributed by atoms with Crippen LogP contribution in [-0.2, 0) is 11.3 Å². The molecule has 6 nitrogen and oxygen atoms in total. The molecule has 0 fully saturated rings. The van der Waals surface area contributed by atoms with Crippen LogP contribution in [0, 0.1) is 0 Å². The summed E-state index contributed by atoms with van der Waals surface area (Å²) >= 11 is 0. The number of benzene rings is 2. The molecule has 6 heteroatoms. The van der Waals surface area contributed by atoms with Gasteiger partial charge in [-0.05, 0) is 23.3 Å². The van der Waals surface area contributed by atoms with E-state index < -0.39 is 12.2 Å². The van der Waals surface area contributed by atoms with Crippen LogP contribution in [0.15, 0.2) is 48.5 Å². The maximum atomic E-state index is 11.7. The van der Waals surface area contributed by atoms with Crippen LogP contribution >= 0.6 is 0 Å². The summed E-state index contributed by atoms with van der Waals surface area (Å²) in [5, 5.41) is 12.7. The number of aliphatic hydroxyl groups is 1. The average molecular weight is 329 g/mol. The molecule has 1 aliphatic heterocycles. The molecule has 1 heterocycles. The Kier molecular flexibility index (Phi) is 5.18. The molecule has 2 aromatic rings. The fraction of sp³-hybridized carbons (Fsp3) is 0.278. The zero-order chi connectivity index (χ0) is 16.8. The predicted octanol–water partition coefficient (Wildman–Crippen LogP) is 2.42. The third kappa shape index (κ3) is 4.17. The molecule has 0 aliphatic carbocycles. The second kappa shape index (κ2) is 7.70. The van der Waals surface area contributed by atoms with Crippen LogP contribution in [0.25, 0.3) is 0 Å². The molecule has 1 unspecified atom stereocenters. The van der Waals surface area contributed by atoms with Gasteiger partial charge in [0.05, 0.1) is 12.6 Å². The first-order chi connectivity index (χ1) is 11.7.